The Morgan fingerprint density at radius 2 is 2.32 bits per heavy atom. The van der Waals surface area contributed by atoms with Crippen molar-refractivity contribution in [1.29, 1.82) is 0 Å². The van der Waals surface area contributed by atoms with Crippen LogP contribution in [0.3, 0.4) is 0 Å². The second kappa shape index (κ2) is 6.89. The van der Waals surface area contributed by atoms with E-state index in [1.807, 2.05) is 0 Å². The third-order valence-corrected chi connectivity index (χ3v) is 3.83. The van der Waals surface area contributed by atoms with Crippen LogP contribution in [-0.4, -0.2) is 45.9 Å². The summed E-state index contributed by atoms with van der Waals surface area (Å²) in [5.41, 5.74) is 0.991. The monoisotopic (exact) mass is 348 g/mol. The Bertz CT molecular complexity index is 807. The van der Waals surface area contributed by atoms with Crippen molar-refractivity contribution in [2.45, 2.75) is 19.6 Å². The van der Waals surface area contributed by atoms with Gasteiger partial charge in [-0.05, 0) is 18.2 Å². The summed E-state index contributed by atoms with van der Waals surface area (Å²) < 4.78 is 21.0. The number of rotatable bonds is 5. The van der Waals surface area contributed by atoms with Crippen LogP contribution in [0.25, 0.3) is 5.69 Å². The first kappa shape index (κ1) is 16.9. The SMILES string of the molecule is CC(=O)NC[C@H]1COC(=O)N1c1ccc(-n2cnc(CO)c2)c(F)c1. The van der Waals surface area contributed by atoms with Gasteiger partial charge in [-0.2, -0.15) is 0 Å². The van der Waals surface area contributed by atoms with Crippen molar-refractivity contribution >= 4 is 17.7 Å². The van der Waals surface area contributed by atoms with E-state index in [2.05, 4.69) is 10.3 Å². The molecule has 1 atom stereocenters. The Morgan fingerprint density at radius 3 is 2.96 bits per heavy atom. The Hall–Kier alpha value is -2.94. The minimum atomic E-state index is -0.590. The molecule has 0 unspecified atom stereocenters. The molecule has 25 heavy (non-hydrogen) atoms. The molecule has 0 aliphatic carbocycles. The van der Waals surface area contributed by atoms with Gasteiger partial charge in [-0.1, -0.05) is 0 Å². The summed E-state index contributed by atoms with van der Waals surface area (Å²) in [6.45, 7) is 1.47. The smallest absolute Gasteiger partial charge is 0.414 e. The van der Waals surface area contributed by atoms with Crippen LogP contribution >= 0.6 is 0 Å². The molecule has 132 valence electrons. The molecule has 2 N–H and O–H groups in total. The van der Waals surface area contributed by atoms with Crippen LogP contribution in [0.5, 0.6) is 0 Å². The first-order valence-electron chi connectivity index (χ1n) is 7.63. The number of carbonyl (C=O) groups excluding carboxylic acids is 2. The van der Waals surface area contributed by atoms with E-state index in [-0.39, 0.29) is 31.4 Å². The highest BCUT2D eigenvalue weighted by Crippen LogP contribution is 2.26. The van der Waals surface area contributed by atoms with Gasteiger partial charge in [0, 0.05) is 19.7 Å². The van der Waals surface area contributed by atoms with Gasteiger partial charge in [0.25, 0.3) is 0 Å². The number of aromatic nitrogens is 2. The lowest BCUT2D eigenvalue weighted by Crippen LogP contribution is -2.42. The Balaban J connectivity index is 1.85. The summed E-state index contributed by atoms with van der Waals surface area (Å²) in [7, 11) is 0. The molecule has 9 heteroatoms. The van der Waals surface area contributed by atoms with Gasteiger partial charge in [0.1, 0.15) is 12.4 Å². The average Bonchev–Trinajstić information content (AvgIpc) is 3.19. The van der Waals surface area contributed by atoms with Crippen molar-refractivity contribution < 1.29 is 23.8 Å². The number of halogens is 1. The zero-order chi connectivity index (χ0) is 18.0. The number of nitrogens with one attached hydrogen (secondary N) is 1. The molecule has 0 radical (unpaired) electrons. The van der Waals surface area contributed by atoms with Crippen LogP contribution in [0.4, 0.5) is 14.9 Å². The molecule has 1 aliphatic rings. The number of imidazole rings is 1. The van der Waals surface area contributed by atoms with E-state index in [1.165, 1.54) is 41.0 Å². The third kappa shape index (κ3) is 3.45. The molecule has 0 saturated carbocycles. The molecule has 1 aromatic heterocycles. The number of benzene rings is 1. The van der Waals surface area contributed by atoms with Gasteiger partial charge < -0.3 is 19.7 Å². The Morgan fingerprint density at radius 1 is 1.52 bits per heavy atom. The van der Waals surface area contributed by atoms with Crippen LogP contribution in [0.15, 0.2) is 30.7 Å². The Labute approximate surface area is 142 Å². The van der Waals surface area contributed by atoms with Crippen molar-refractivity contribution in [3.8, 4) is 5.69 Å². The molecule has 1 saturated heterocycles. The fourth-order valence-electron chi connectivity index (χ4n) is 2.62. The minimum absolute atomic E-state index is 0.115. The summed E-state index contributed by atoms with van der Waals surface area (Å²) in [5, 5.41) is 11.7. The van der Waals surface area contributed by atoms with E-state index in [1.54, 1.807) is 6.07 Å². The van der Waals surface area contributed by atoms with E-state index in [4.69, 9.17) is 9.84 Å². The van der Waals surface area contributed by atoms with Gasteiger partial charge in [-0.15, -0.1) is 0 Å². The second-order valence-electron chi connectivity index (χ2n) is 5.60. The number of aliphatic hydroxyl groups excluding tert-OH is 1. The number of cyclic esters (lactones) is 1. The molecule has 0 bridgehead atoms. The van der Waals surface area contributed by atoms with Crippen LogP contribution in [-0.2, 0) is 16.1 Å². The zero-order valence-corrected chi connectivity index (χ0v) is 13.5. The number of carbonyl (C=O) groups is 2. The zero-order valence-electron chi connectivity index (χ0n) is 13.5. The molecule has 1 fully saturated rings. The van der Waals surface area contributed by atoms with Gasteiger partial charge >= 0.3 is 6.09 Å². The van der Waals surface area contributed by atoms with Gasteiger partial charge in [0.2, 0.25) is 5.91 Å². The summed E-state index contributed by atoms with van der Waals surface area (Å²) in [4.78, 5) is 28.3. The summed E-state index contributed by atoms with van der Waals surface area (Å²) in [6, 6.07) is 3.91. The summed E-state index contributed by atoms with van der Waals surface area (Å²) in [5.74, 6) is -0.780. The van der Waals surface area contributed by atoms with Crippen molar-refractivity contribution in [3.63, 3.8) is 0 Å². The fourth-order valence-corrected chi connectivity index (χ4v) is 2.62. The number of anilines is 1. The van der Waals surface area contributed by atoms with Gasteiger partial charge in [-0.25, -0.2) is 14.2 Å². The molecule has 2 aromatic rings. The predicted molar refractivity (Wildman–Crippen MR) is 85.7 cm³/mol. The lowest BCUT2D eigenvalue weighted by Gasteiger charge is -2.22. The first-order chi connectivity index (χ1) is 12.0. The highest BCUT2D eigenvalue weighted by Gasteiger charge is 2.34. The molecule has 1 aliphatic heterocycles. The summed E-state index contributed by atoms with van der Waals surface area (Å²) in [6.07, 6.45) is 2.32. The maximum absolute atomic E-state index is 14.5. The Kier molecular flexibility index (Phi) is 4.66. The molecule has 1 aromatic carbocycles. The molecule has 2 heterocycles. The first-order valence-corrected chi connectivity index (χ1v) is 7.63. The number of ether oxygens (including phenoxy) is 1. The van der Waals surface area contributed by atoms with Crippen molar-refractivity contribution in [1.82, 2.24) is 14.9 Å². The fraction of sp³-hybridized carbons (Fsp3) is 0.312. The lowest BCUT2D eigenvalue weighted by atomic mass is 10.2. The topological polar surface area (TPSA) is 96.7 Å². The number of aliphatic hydroxyl groups is 1. The quantitative estimate of drug-likeness (QED) is 0.839. The summed E-state index contributed by atoms with van der Waals surface area (Å²) >= 11 is 0. The molecule has 3 rings (SSSR count). The highest BCUT2D eigenvalue weighted by molar-refractivity contribution is 5.90. The molecule has 0 spiro atoms. The standard InChI is InChI=1S/C16H17FN4O4/c1-10(23)18-5-13-8-25-16(24)21(13)12-2-3-15(14(17)4-12)20-6-11(7-22)19-9-20/h2-4,6,9,13,22H,5,7-8H2,1H3,(H,18,23)/t13-/m0/s1. The number of hydrogen-bond donors (Lipinski definition) is 2. The molecular formula is C16H17FN4O4. The van der Waals surface area contributed by atoms with Crippen LogP contribution in [0, 0.1) is 5.82 Å². The molecular weight excluding hydrogens is 331 g/mol. The number of nitrogens with zero attached hydrogens (tertiary/aromatic N) is 3. The largest absolute Gasteiger partial charge is 0.447 e. The van der Waals surface area contributed by atoms with Crippen LogP contribution in [0.2, 0.25) is 0 Å². The van der Waals surface area contributed by atoms with E-state index in [0.717, 1.165) is 0 Å². The van der Waals surface area contributed by atoms with Crippen molar-refractivity contribution in [3.05, 3.63) is 42.2 Å². The predicted octanol–water partition coefficient (Wildman–Crippen LogP) is 0.965. The van der Waals surface area contributed by atoms with E-state index in [9.17, 15) is 14.0 Å². The highest BCUT2D eigenvalue weighted by atomic mass is 19.1. The van der Waals surface area contributed by atoms with Crippen LogP contribution < -0.4 is 10.2 Å². The maximum atomic E-state index is 14.5. The van der Waals surface area contributed by atoms with E-state index < -0.39 is 18.0 Å². The van der Waals surface area contributed by atoms with Crippen molar-refractivity contribution in [2.24, 2.45) is 0 Å². The van der Waals surface area contributed by atoms with E-state index in [0.29, 0.717) is 11.4 Å². The number of hydrogen-bond acceptors (Lipinski definition) is 5. The number of amides is 2. The van der Waals surface area contributed by atoms with Crippen LogP contribution in [0.1, 0.15) is 12.6 Å². The van der Waals surface area contributed by atoms with Gasteiger partial charge in [0.15, 0.2) is 0 Å². The van der Waals surface area contributed by atoms with E-state index >= 15 is 0 Å². The lowest BCUT2D eigenvalue weighted by molar-refractivity contribution is -0.119. The molecule has 8 nitrogen and oxygen atoms in total. The second-order valence-corrected chi connectivity index (χ2v) is 5.60. The normalized spacial score (nSPS) is 16.8. The average molecular weight is 348 g/mol. The maximum Gasteiger partial charge on any atom is 0.414 e. The van der Waals surface area contributed by atoms with Gasteiger partial charge in [0.05, 0.1) is 36.0 Å². The third-order valence-electron chi connectivity index (χ3n) is 3.83. The minimum Gasteiger partial charge on any atom is -0.447 e. The van der Waals surface area contributed by atoms with Gasteiger partial charge in [-0.3, -0.25) is 9.69 Å². The molecule has 2 amide bonds. The van der Waals surface area contributed by atoms with Crippen molar-refractivity contribution in [2.75, 3.05) is 18.1 Å².